The van der Waals surface area contributed by atoms with Gasteiger partial charge in [-0.3, -0.25) is 4.98 Å². The second-order valence-corrected chi connectivity index (χ2v) is 4.20. The minimum Gasteiger partial charge on any atom is -0.478 e. The van der Waals surface area contributed by atoms with Crippen molar-refractivity contribution in [1.29, 1.82) is 0 Å². The number of hydrogen-bond acceptors (Lipinski definition) is 4. The molecule has 22 heavy (non-hydrogen) atoms. The normalized spacial score (nSPS) is 11.1. The molecule has 9 heteroatoms. The third-order valence-corrected chi connectivity index (χ3v) is 2.85. The highest BCUT2D eigenvalue weighted by Crippen LogP contribution is 2.36. The first kappa shape index (κ1) is 18.0. The van der Waals surface area contributed by atoms with Gasteiger partial charge in [0.15, 0.2) is 0 Å². The molecule has 0 saturated carbocycles. The monoisotopic (exact) mass is 336 g/mol. The molecular weight excluding hydrogens is 325 g/mol. The lowest BCUT2D eigenvalue weighted by atomic mass is 10.0. The van der Waals surface area contributed by atoms with E-state index in [-0.39, 0.29) is 47.7 Å². The lowest BCUT2D eigenvalue weighted by Crippen LogP contribution is -2.13. The molecule has 3 N–H and O–H groups in total. The molecule has 0 saturated heterocycles. The van der Waals surface area contributed by atoms with Gasteiger partial charge in [0.2, 0.25) is 0 Å². The Morgan fingerprint density at radius 2 is 2.00 bits per heavy atom. The van der Waals surface area contributed by atoms with Crippen LogP contribution in [0.25, 0.3) is 10.9 Å². The van der Waals surface area contributed by atoms with Gasteiger partial charge in [0.25, 0.3) is 0 Å². The number of alkyl halides is 3. The van der Waals surface area contributed by atoms with Crippen molar-refractivity contribution >= 4 is 35.0 Å². The summed E-state index contributed by atoms with van der Waals surface area (Å²) in [5.41, 5.74) is -1.53. The predicted molar refractivity (Wildman–Crippen MR) is 76.5 cm³/mol. The van der Waals surface area contributed by atoms with Gasteiger partial charge in [-0.05, 0) is 6.07 Å². The van der Waals surface area contributed by atoms with Gasteiger partial charge in [0, 0.05) is 18.1 Å². The number of pyridine rings is 1. The number of aromatic nitrogens is 1. The summed E-state index contributed by atoms with van der Waals surface area (Å²) < 4.78 is 38.8. The second-order valence-electron chi connectivity index (χ2n) is 4.20. The van der Waals surface area contributed by atoms with Crippen LogP contribution in [0.4, 0.5) is 18.9 Å². The number of rotatable bonds is 4. The number of fused-ring (bicyclic) bond motifs is 1. The van der Waals surface area contributed by atoms with Gasteiger partial charge in [0.05, 0.1) is 23.4 Å². The number of halogens is 4. The number of nitrogens with one attached hydrogen (secondary N) is 1. The molecule has 120 valence electrons. The van der Waals surface area contributed by atoms with Crippen molar-refractivity contribution in [2.24, 2.45) is 0 Å². The predicted octanol–water partition coefficient (Wildman–Crippen LogP) is 2.78. The van der Waals surface area contributed by atoms with Crippen LogP contribution in [-0.4, -0.2) is 34.3 Å². The highest BCUT2D eigenvalue weighted by Gasteiger charge is 2.33. The maximum atomic E-state index is 12.9. The maximum Gasteiger partial charge on any atom is 0.418 e. The standard InChI is InChI=1S/C13H11F3N2O3.ClH/c14-13(15,16)9-3-1-2-7-10(17-4-5-19)8(12(20)21)6-18-11(7)9;/h1-3,6,19H,4-5H2,(H,17,18)(H,20,21);1H. The summed E-state index contributed by atoms with van der Waals surface area (Å²) >= 11 is 0. The van der Waals surface area contributed by atoms with E-state index in [0.717, 1.165) is 12.3 Å². The fourth-order valence-corrected chi connectivity index (χ4v) is 1.99. The minimum absolute atomic E-state index is 0. The van der Waals surface area contributed by atoms with Gasteiger partial charge in [-0.2, -0.15) is 13.2 Å². The average molecular weight is 337 g/mol. The third kappa shape index (κ3) is 3.40. The summed E-state index contributed by atoms with van der Waals surface area (Å²) in [6.07, 6.45) is -3.72. The molecule has 2 aromatic rings. The number of anilines is 1. The number of carbonyl (C=O) groups is 1. The van der Waals surface area contributed by atoms with E-state index < -0.39 is 17.7 Å². The molecule has 0 unspecified atom stereocenters. The zero-order valence-corrected chi connectivity index (χ0v) is 11.8. The molecule has 1 heterocycles. The van der Waals surface area contributed by atoms with Crippen LogP contribution < -0.4 is 5.32 Å². The molecule has 0 spiro atoms. The number of nitrogens with zero attached hydrogens (tertiary/aromatic N) is 1. The van der Waals surface area contributed by atoms with Crippen LogP contribution in [0.1, 0.15) is 15.9 Å². The Kier molecular flexibility index (Phi) is 5.56. The van der Waals surface area contributed by atoms with Crippen LogP contribution in [0.5, 0.6) is 0 Å². The molecule has 0 fully saturated rings. The van der Waals surface area contributed by atoms with Crippen molar-refractivity contribution < 1.29 is 28.2 Å². The van der Waals surface area contributed by atoms with E-state index in [1.807, 2.05) is 0 Å². The van der Waals surface area contributed by atoms with E-state index in [2.05, 4.69) is 10.3 Å². The highest BCUT2D eigenvalue weighted by molar-refractivity contribution is 6.05. The Bertz CT molecular complexity index is 692. The van der Waals surface area contributed by atoms with Crippen molar-refractivity contribution in [2.45, 2.75) is 6.18 Å². The Hall–Kier alpha value is -2.06. The van der Waals surface area contributed by atoms with Crippen molar-refractivity contribution in [3.8, 4) is 0 Å². The van der Waals surface area contributed by atoms with Crippen molar-refractivity contribution in [2.75, 3.05) is 18.5 Å². The zero-order valence-electron chi connectivity index (χ0n) is 11.0. The Labute approximate surface area is 129 Å². The number of aromatic carboxylic acids is 1. The molecule has 5 nitrogen and oxygen atoms in total. The van der Waals surface area contributed by atoms with Crippen LogP contribution in [0.15, 0.2) is 24.4 Å². The fourth-order valence-electron chi connectivity index (χ4n) is 1.99. The van der Waals surface area contributed by atoms with Gasteiger partial charge in [-0.1, -0.05) is 12.1 Å². The Morgan fingerprint density at radius 3 is 2.55 bits per heavy atom. The molecule has 0 aliphatic rings. The number of aliphatic hydroxyl groups is 1. The van der Waals surface area contributed by atoms with E-state index in [0.29, 0.717) is 0 Å². The Morgan fingerprint density at radius 1 is 1.32 bits per heavy atom. The number of para-hydroxylation sites is 1. The molecule has 0 aliphatic heterocycles. The topological polar surface area (TPSA) is 82.5 Å². The average Bonchev–Trinajstić information content (AvgIpc) is 2.42. The number of hydrogen-bond donors (Lipinski definition) is 3. The van der Waals surface area contributed by atoms with Crippen LogP contribution >= 0.6 is 12.4 Å². The first-order valence-electron chi connectivity index (χ1n) is 5.93. The summed E-state index contributed by atoms with van der Waals surface area (Å²) in [6, 6.07) is 3.41. The SMILES string of the molecule is Cl.O=C(O)c1cnc2c(C(F)(F)F)cccc2c1NCCO. The summed E-state index contributed by atoms with van der Waals surface area (Å²) in [5, 5.41) is 20.6. The second kappa shape index (κ2) is 6.80. The lowest BCUT2D eigenvalue weighted by Gasteiger charge is -2.15. The van der Waals surface area contributed by atoms with Gasteiger partial charge < -0.3 is 15.5 Å². The van der Waals surface area contributed by atoms with Gasteiger partial charge in [-0.25, -0.2) is 4.79 Å². The lowest BCUT2D eigenvalue weighted by molar-refractivity contribution is -0.136. The maximum absolute atomic E-state index is 12.9. The van der Waals surface area contributed by atoms with E-state index >= 15 is 0 Å². The first-order valence-corrected chi connectivity index (χ1v) is 5.93. The van der Waals surface area contributed by atoms with Crippen molar-refractivity contribution in [3.63, 3.8) is 0 Å². The molecule has 1 aromatic heterocycles. The summed E-state index contributed by atoms with van der Waals surface area (Å²) in [6.45, 7) is -0.280. The van der Waals surface area contributed by atoms with Crippen molar-refractivity contribution in [3.05, 3.63) is 35.5 Å². The largest absolute Gasteiger partial charge is 0.478 e. The van der Waals surface area contributed by atoms with Crippen LogP contribution in [0.3, 0.4) is 0 Å². The van der Waals surface area contributed by atoms with Gasteiger partial charge in [0.1, 0.15) is 5.56 Å². The molecule has 2 rings (SSSR count). The van der Waals surface area contributed by atoms with E-state index in [9.17, 15) is 18.0 Å². The molecule has 0 aliphatic carbocycles. The summed E-state index contributed by atoms with van der Waals surface area (Å²) in [4.78, 5) is 14.8. The zero-order chi connectivity index (χ0) is 15.6. The van der Waals surface area contributed by atoms with E-state index in [1.165, 1.54) is 12.1 Å². The Balaban J connectivity index is 0.00000242. The quantitative estimate of drug-likeness (QED) is 0.799. The molecular formula is C13H12ClF3N2O3. The number of aliphatic hydroxyl groups excluding tert-OH is 1. The molecule has 0 atom stereocenters. The molecule has 1 aromatic carbocycles. The highest BCUT2D eigenvalue weighted by atomic mass is 35.5. The number of carboxylic acid groups (broad SMARTS) is 1. The van der Waals surface area contributed by atoms with E-state index in [4.69, 9.17) is 10.2 Å². The fraction of sp³-hybridized carbons (Fsp3) is 0.231. The first-order chi connectivity index (χ1) is 9.86. The van der Waals surface area contributed by atoms with Gasteiger partial charge >= 0.3 is 12.1 Å². The van der Waals surface area contributed by atoms with Crippen LogP contribution in [0, 0.1) is 0 Å². The molecule has 0 bridgehead atoms. The van der Waals surface area contributed by atoms with E-state index in [1.54, 1.807) is 0 Å². The van der Waals surface area contributed by atoms with Crippen LogP contribution in [-0.2, 0) is 6.18 Å². The van der Waals surface area contributed by atoms with Gasteiger partial charge in [-0.15, -0.1) is 12.4 Å². The molecule has 0 amide bonds. The van der Waals surface area contributed by atoms with Crippen LogP contribution in [0.2, 0.25) is 0 Å². The molecule has 0 radical (unpaired) electrons. The number of carboxylic acids is 1. The number of benzene rings is 1. The third-order valence-electron chi connectivity index (χ3n) is 2.85. The summed E-state index contributed by atoms with van der Waals surface area (Å²) in [7, 11) is 0. The smallest absolute Gasteiger partial charge is 0.418 e. The summed E-state index contributed by atoms with van der Waals surface area (Å²) in [5.74, 6) is -1.32. The minimum atomic E-state index is -4.59. The van der Waals surface area contributed by atoms with Crippen molar-refractivity contribution in [1.82, 2.24) is 4.98 Å².